The molecule has 0 radical (unpaired) electrons. The molecule has 0 aliphatic heterocycles. The van der Waals surface area contributed by atoms with Crippen LogP contribution in [-0.2, 0) is 9.59 Å². The molecule has 3 N–H and O–H groups in total. The number of hydrogen-bond acceptors (Lipinski definition) is 3. The van der Waals surface area contributed by atoms with Crippen LogP contribution in [0.3, 0.4) is 0 Å². The van der Waals surface area contributed by atoms with Crippen LogP contribution in [0.5, 0.6) is 0 Å². The summed E-state index contributed by atoms with van der Waals surface area (Å²) in [6.07, 6.45) is 4.52. The molecule has 0 fully saturated rings. The van der Waals surface area contributed by atoms with Crippen LogP contribution in [0, 0.1) is 17.8 Å². The number of nitrogens with one attached hydrogen (secondary N) is 1. The molecular weight excluding hydrogens is 234 g/mol. The third kappa shape index (κ3) is 3.57. The largest absolute Gasteiger partial charge is 0.481 e. The Hall–Kier alpha value is -1.36. The number of amides is 1. The maximum atomic E-state index is 12.1. The van der Waals surface area contributed by atoms with Crippen LogP contribution in [0.2, 0.25) is 0 Å². The summed E-state index contributed by atoms with van der Waals surface area (Å²) in [5, 5.41) is 20.9. The van der Waals surface area contributed by atoms with Crippen LogP contribution in [-0.4, -0.2) is 34.7 Å². The van der Waals surface area contributed by atoms with Crippen molar-refractivity contribution in [3.8, 4) is 0 Å². The highest BCUT2D eigenvalue weighted by Crippen LogP contribution is 2.26. The van der Waals surface area contributed by atoms with E-state index in [1.54, 1.807) is 0 Å². The van der Waals surface area contributed by atoms with Gasteiger partial charge in [-0.3, -0.25) is 9.59 Å². The minimum absolute atomic E-state index is 0.00558. The predicted molar refractivity (Wildman–Crippen MR) is 66.8 cm³/mol. The lowest BCUT2D eigenvalue weighted by Gasteiger charge is -2.27. The minimum atomic E-state index is -0.928. The molecule has 0 aromatic rings. The molecule has 4 atom stereocenters. The van der Waals surface area contributed by atoms with Crippen molar-refractivity contribution in [1.29, 1.82) is 0 Å². The van der Waals surface area contributed by atoms with Gasteiger partial charge in [0, 0.05) is 12.6 Å². The number of allylic oxidation sites excluding steroid dienone is 2. The van der Waals surface area contributed by atoms with Gasteiger partial charge in [0.2, 0.25) is 5.91 Å². The van der Waals surface area contributed by atoms with Crippen molar-refractivity contribution in [3.05, 3.63) is 12.2 Å². The second-order valence-corrected chi connectivity index (χ2v) is 4.95. The van der Waals surface area contributed by atoms with Crippen molar-refractivity contribution in [1.82, 2.24) is 5.32 Å². The molecule has 0 aromatic heterocycles. The van der Waals surface area contributed by atoms with Crippen molar-refractivity contribution >= 4 is 11.9 Å². The number of rotatable bonds is 5. The average molecular weight is 255 g/mol. The van der Waals surface area contributed by atoms with Gasteiger partial charge in [-0.15, -0.1) is 0 Å². The summed E-state index contributed by atoms with van der Waals surface area (Å²) in [6, 6.07) is -0.164. The van der Waals surface area contributed by atoms with Gasteiger partial charge in [-0.05, 0) is 25.7 Å². The Morgan fingerprint density at radius 1 is 1.28 bits per heavy atom. The highest BCUT2D eigenvalue weighted by molar-refractivity contribution is 5.85. The minimum Gasteiger partial charge on any atom is -0.481 e. The van der Waals surface area contributed by atoms with Gasteiger partial charge in [0.1, 0.15) is 0 Å². The predicted octanol–water partition coefficient (Wildman–Crippen LogP) is 0.787. The molecule has 1 rings (SSSR count). The zero-order valence-electron chi connectivity index (χ0n) is 10.8. The van der Waals surface area contributed by atoms with Crippen molar-refractivity contribution in [2.75, 3.05) is 6.61 Å². The smallest absolute Gasteiger partial charge is 0.307 e. The number of aliphatic hydroxyl groups excluding tert-OH is 1. The number of carbonyl (C=O) groups excluding carboxylic acids is 1. The highest BCUT2D eigenvalue weighted by atomic mass is 16.4. The van der Waals surface area contributed by atoms with Crippen molar-refractivity contribution in [2.45, 2.75) is 32.7 Å². The highest BCUT2D eigenvalue weighted by Gasteiger charge is 2.34. The lowest BCUT2D eigenvalue weighted by Crippen LogP contribution is -2.45. The number of hydrogen-bond donors (Lipinski definition) is 3. The Morgan fingerprint density at radius 3 is 2.33 bits per heavy atom. The molecular formula is C13H21NO4. The van der Waals surface area contributed by atoms with Gasteiger partial charge in [-0.1, -0.05) is 19.1 Å². The first-order chi connectivity index (χ1) is 8.47. The van der Waals surface area contributed by atoms with E-state index in [0.717, 1.165) is 0 Å². The normalized spacial score (nSPS) is 26.4. The second kappa shape index (κ2) is 6.54. The van der Waals surface area contributed by atoms with E-state index in [-0.39, 0.29) is 24.5 Å². The monoisotopic (exact) mass is 255 g/mol. The van der Waals surface area contributed by atoms with Crippen molar-refractivity contribution in [2.24, 2.45) is 17.8 Å². The molecule has 1 aliphatic carbocycles. The zero-order valence-corrected chi connectivity index (χ0v) is 10.8. The maximum absolute atomic E-state index is 12.1. The molecule has 1 aliphatic rings. The molecule has 0 heterocycles. The van der Waals surface area contributed by atoms with Gasteiger partial charge in [-0.2, -0.15) is 0 Å². The first-order valence-corrected chi connectivity index (χ1v) is 6.26. The van der Waals surface area contributed by atoms with Gasteiger partial charge in [0.15, 0.2) is 0 Å². The molecule has 0 bridgehead atoms. The van der Waals surface area contributed by atoms with Gasteiger partial charge < -0.3 is 15.5 Å². The molecule has 0 spiro atoms. The second-order valence-electron chi connectivity index (χ2n) is 4.95. The lowest BCUT2D eigenvalue weighted by atomic mass is 9.82. The average Bonchev–Trinajstić information content (AvgIpc) is 2.37. The van der Waals surface area contributed by atoms with E-state index in [1.165, 1.54) is 0 Å². The summed E-state index contributed by atoms with van der Waals surface area (Å²) < 4.78 is 0. The fourth-order valence-corrected chi connectivity index (χ4v) is 2.01. The van der Waals surface area contributed by atoms with E-state index in [9.17, 15) is 9.59 Å². The number of carboxylic acids is 1. The van der Waals surface area contributed by atoms with E-state index in [2.05, 4.69) is 5.32 Å². The molecule has 0 aromatic carbocycles. The van der Waals surface area contributed by atoms with Gasteiger partial charge in [0.25, 0.3) is 0 Å². The molecule has 0 saturated carbocycles. The lowest BCUT2D eigenvalue weighted by molar-refractivity contribution is -0.147. The standard InChI is InChI=1S/C13H21NO4/c1-8(7-15)9(2)14-12(16)10-5-3-4-6-11(10)13(17)18/h3-4,8-11,15H,5-7H2,1-2H3,(H,14,16)(H,17,18). The van der Waals surface area contributed by atoms with Crippen LogP contribution < -0.4 is 5.32 Å². The SMILES string of the molecule is CC(CO)C(C)NC(=O)C1CC=CCC1C(=O)O. The summed E-state index contributed by atoms with van der Waals surface area (Å²) in [6.45, 7) is 3.64. The topological polar surface area (TPSA) is 86.6 Å². The zero-order chi connectivity index (χ0) is 13.7. The van der Waals surface area contributed by atoms with Gasteiger partial charge in [-0.25, -0.2) is 0 Å². The van der Waals surface area contributed by atoms with Crippen molar-refractivity contribution in [3.63, 3.8) is 0 Å². The Kier molecular flexibility index (Phi) is 5.34. The third-order valence-electron chi connectivity index (χ3n) is 3.60. The molecule has 18 heavy (non-hydrogen) atoms. The third-order valence-corrected chi connectivity index (χ3v) is 3.60. The first kappa shape index (κ1) is 14.7. The van der Waals surface area contributed by atoms with Gasteiger partial charge >= 0.3 is 5.97 Å². The fraction of sp³-hybridized carbons (Fsp3) is 0.692. The summed E-state index contributed by atoms with van der Waals surface area (Å²) in [7, 11) is 0. The van der Waals surface area contributed by atoms with Crippen LogP contribution in [0.1, 0.15) is 26.7 Å². The van der Waals surface area contributed by atoms with E-state index in [1.807, 2.05) is 26.0 Å². The van der Waals surface area contributed by atoms with Crippen LogP contribution >= 0.6 is 0 Å². The Bertz CT molecular complexity index is 340. The summed E-state index contributed by atoms with van der Waals surface area (Å²) >= 11 is 0. The molecule has 4 unspecified atom stereocenters. The molecule has 1 amide bonds. The molecule has 5 heteroatoms. The van der Waals surface area contributed by atoms with Crippen LogP contribution in [0.25, 0.3) is 0 Å². The number of carboxylic acid groups (broad SMARTS) is 1. The molecule has 5 nitrogen and oxygen atoms in total. The Morgan fingerprint density at radius 2 is 1.83 bits per heavy atom. The molecule has 102 valence electrons. The fourth-order valence-electron chi connectivity index (χ4n) is 2.01. The van der Waals surface area contributed by atoms with Crippen molar-refractivity contribution < 1.29 is 19.8 Å². The number of aliphatic hydroxyl groups is 1. The van der Waals surface area contributed by atoms with E-state index in [0.29, 0.717) is 12.8 Å². The maximum Gasteiger partial charge on any atom is 0.307 e. The van der Waals surface area contributed by atoms with E-state index >= 15 is 0 Å². The Balaban J connectivity index is 2.64. The quantitative estimate of drug-likeness (QED) is 0.634. The Labute approximate surface area is 107 Å². The first-order valence-electron chi connectivity index (χ1n) is 6.26. The number of aliphatic carboxylic acids is 1. The summed E-state index contributed by atoms with van der Waals surface area (Å²) in [5.74, 6) is -2.37. The summed E-state index contributed by atoms with van der Waals surface area (Å²) in [5.41, 5.74) is 0. The summed E-state index contributed by atoms with van der Waals surface area (Å²) in [4.78, 5) is 23.1. The van der Waals surface area contributed by atoms with Gasteiger partial charge in [0.05, 0.1) is 11.8 Å². The van der Waals surface area contributed by atoms with E-state index in [4.69, 9.17) is 10.2 Å². The molecule has 0 saturated heterocycles. The van der Waals surface area contributed by atoms with Crippen LogP contribution in [0.15, 0.2) is 12.2 Å². The number of carbonyl (C=O) groups is 2. The van der Waals surface area contributed by atoms with Crippen LogP contribution in [0.4, 0.5) is 0 Å². The van der Waals surface area contributed by atoms with E-state index < -0.39 is 17.8 Å².